The smallest absolute Gasteiger partial charge is 0.0492 e. The monoisotopic (exact) mass is 354 g/mol. The van der Waals surface area contributed by atoms with E-state index >= 15 is 0 Å². The van der Waals surface area contributed by atoms with Gasteiger partial charge in [-0.1, -0.05) is 13.0 Å². The number of allylic oxidation sites excluding steroid dienone is 3. The average molecular weight is 355 g/mol. The number of hydrazone groups is 1. The molecule has 0 aromatic rings. The Morgan fingerprint density at radius 1 is 1.38 bits per heavy atom. The first kappa shape index (κ1) is 18.5. The fourth-order valence-corrected chi connectivity index (χ4v) is 4.20. The molecule has 0 aromatic heterocycles. The third-order valence-electron chi connectivity index (χ3n) is 5.49. The van der Waals surface area contributed by atoms with Gasteiger partial charge in [0.25, 0.3) is 0 Å². The van der Waals surface area contributed by atoms with Crippen LogP contribution in [0.4, 0.5) is 0 Å². The van der Waals surface area contributed by atoms with E-state index in [2.05, 4.69) is 32.6 Å². The highest BCUT2D eigenvalue weighted by atomic mass is 15.3. The van der Waals surface area contributed by atoms with Gasteiger partial charge in [-0.2, -0.15) is 5.10 Å². The van der Waals surface area contributed by atoms with Crippen molar-refractivity contribution in [1.82, 2.24) is 21.0 Å². The molecule has 4 N–H and O–H groups in total. The van der Waals surface area contributed by atoms with Crippen LogP contribution in [-0.4, -0.2) is 49.5 Å². The lowest BCUT2D eigenvalue weighted by Crippen LogP contribution is -2.58. The molecule has 0 aromatic carbocycles. The summed E-state index contributed by atoms with van der Waals surface area (Å²) in [5.74, 6) is 0. The molecule has 3 heterocycles. The zero-order chi connectivity index (χ0) is 18.4. The van der Waals surface area contributed by atoms with Gasteiger partial charge in [0.05, 0.1) is 0 Å². The van der Waals surface area contributed by atoms with Gasteiger partial charge in [0, 0.05) is 72.9 Å². The van der Waals surface area contributed by atoms with Gasteiger partial charge in [-0.25, -0.2) is 0 Å². The molecule has 3 aliphatic heterocycles. The molecular weight excluding hydrogens is 324 g/mol. The van der Waals surface area contributed by atoms with Crippen LogP contribution < -0.4 is 16.1 Å². The van der Waals surface area contributed by atoms with Gasteiger partial charge >= 0.3 is 0 Å². The summed E-state index contributed by atoms with van der Waals surface area (Å²) in [6, 6.07) is 0. The molecule has 0 radical (unpaired) electrons. The Kier molecular flexibility index (Phi) is 5.93. The zero-order valence-electron chi connectivity index (χ0n) is 15.6. The standard InChI is InChI=1S/C20H30N6/c1-16-18(17(12-21)13-22-2)14-25-24-10-6-19(16)26-11-5-8-20(15-26)7-3-4-9-23-20/h6,10,12-14,21-23,25H,1,3-5,7-9,11,15H2,2H3/b17-13+,18-14+,19-6+,21-12?,24-10-. The van der Waals surface area contributed by atoms with Gasteiger partial charge in [-0.3, -0.25) is 5.43 Å². The van der Waals surface area contributed by atoms with Crippen molar-refractivity contribution in [2.75, 3.05) is 26.7 Å². The van der Waals surface area contributed by atoms with Gasteiger partial charge in [0.1, 0.15) is 0 Å². The van der Waals surface area contributed by atoms with Crippen LogP contribution >= 0.6 is 0 Å². The lowest BCUT2D eigenvalue weighted by molar-refractivity contribution is 0.124. The van der Waals surface area contributed by atoms with E-state index in [0.717, 1.165) is 42.1 Å². The van der Waals surface area contributed by atoms with Gasteiger partial charge in [-0.15, -0.1) is 0 Å². The first-order valence-electron chi connectivity index (χ1n) is 9.46. The van der Waals surface area contributed by atoms with E-state index in [1.54, 1.807) is 6.21 Å². The van der Waals surface area contributed by atoms with Crippen LogP contribution in [0.3, 0.4) is 0 Å². The topological polar surface area (TPSA) is 75.5 Å². The predicted octanol–water partition coefficient (Wildman–Crippen LogP) is 2.26. The van der Waals surface area contributed by atoms with E-state index in [1.165, 1.54) is 38.3 Å². The summed E-state index contributed by atoms with van der Waals surface area (Å²) >= 11 is 0. The molecular formula is C20H30N6. The van der Waals surface area contributed by atoms with E-state index in [0.29, 0.717) is 0 Å². The fourth-order valence-electron chi connectivity index (χ4n) is 4.20. The highest BCUT2D eigenvalue weighted by Crippen LogP contribution is 2.34. The van der Waals surface area contributed by atoms with Gasteiger partial charge in [0.15, 0.2) is 0 Å². The summed E-state index contributed by atoms with van der Waals surface area (Å²) in [5.41, 5.74) is 6.82. The van der Waals surface area contributed by atoms with E-state index < -0.39 is 0 Å². The first-order chi connectivity index (χ1) is 12.7. The summed E-state index contributed by atoms with van der Waals surface area (Å²) in [4.78, 5) is 2.44. The molecule has 0 amide bonds. The number of hydrogen-bond donors (Lipinski definition) is 4. The zero-order valence-corrected chi connectivity index (χ0v) is 15.6. The molecule has 26 heavy (non-hydrogen) atoms. The number of nitrogens with zero attached hydrogens (tertiary/aromatic N) is 2. The quantitative estimate of drug-likeness (QED) is 0.584. The van der Waals surface area contributed by atoms with E-state index in [9.17, 15) is 0 Å². The molecule has 6 heteroatoms. The third kappa shape index (κ3) is 3.90. The highest BCUT2D eigenvalue weighted by Gasteiger charge is 2.37. The second kappa shape index (κ2) is 8.36. The van der Waals surface area contributed by atoms with Crippen molar-refractivity contribution in [1.29, 1.82) is 5.41 Å². The van der Waals surface area contributed by atoms with Crippen LogP contribution in [0.5, 0.6) is 0 Å². The molecule has 0 aliphatic carbocycles. The molecule has 1 spiro atoms. The van der Waals surface area contributed by atoms with Gasteiger partial charge < -0.3 is 20.9 Å². The highest BCUT2D eigenvalue weighted by molar-refractivity contribution is 5.86. The summed E-state index contributed by atoms with van der Waals surface area (Å²) in [6.45, 7) is 7.51. The maximum atomic E-state index is 7.76. The SMILES string of the molecule is C=C1C(/C(C=N)=C/NC)=C\N/N=C\C=C/1N1CCCC2(CCCCN2)C1. The molecule has 6 nitrogen and oxygen atoms in total. The second-order valence-electron chi connectivity index (χ2n) is 7.22. The van der Waals surface area contributed by atoms with E-state index in [1.807, 2.05) is 25.5 Å². The lowest BCUT2D eigenvalue weighted by Gasteiger charge is -2.47. The lowest BCUT2D eigenvalue weighted by atomic mass is 9.81. The molecule has 0 bridgehead atoms. The molecule has 0 saturated carbocycles. The Morgan fingerprint density at radius 3 is 2.96 bits per heavy atom. The van der Waals surface area contributed by atoms with Crippen molar-refractivity contribution in [2.45, 2.75) is 37.6 Å². The number of piperidine rings is 2. The minimum absolute atomic E-state index is 0.227. The van der Waals surface area contributed by atoms with Crippen molar-refractivity contribution >= 4 is 12.4 Å². The average Bonchev–Trinajstić information content (AvgIpc) is 2.65. The van der Waals surface area contributed by atoms with E-state index in [-0.39, 0.29) is 5.54 Å². The van der Waals surface area contributed by atoms with Crippen molar-refractivity contribution in [3.63, 3.8) is 0 Å². The minimum Gasteiger partial charge on any atom is -0.393 e. The van der Waals surface area contributed by atoms with Gasteiger partial charge in [0.2, 0.25) is 0 Å². The van der Waals surface area contributed by atoms with E-state index in [4.69, 9.17) is 5.41 Å². The normalized spacial score (nSPS) is 32.4. The van der Waals surface area contributed by atoms with Crippen LogP contribution in [0.1, 0.15) is 32.1 Å². The Morgan fingerprint density at radius 2 is 2.23 bits per heavy atom. The summed E-state index contributed by atoms with van der Waals surface area (Å²) in [6.07, 6.45) is 15.0. The van der Waals surface area contributed by atoms with Crippen LogP contribution in [0.15, 0.2) is 52.6 Å². The molecule has 2 saturated heterocycles. The van der Waals surface area contributed by atoms with Crippen LogP contribution in [0, 0.1) is 5.41 Å². The summed E-state index contributed by atoms with van der Waals surface area (Å²) < 4.78 is 0. The second-order valence-corrected chi connectivity index (χ2v) is 7.22. The van der Waals surface area contributed by atoms with Crippen LogP contribution in [0.2, 0.25) is 0 Å². The third-order valence-corrected chi connectivity index (χ3v) is 5.49. The van der Waals surface area contributed by atoms with Crippen molar-refractivity contribution in [3.8, 4) is 0 Å². The molecule has 2 fully saturated rings. The van der Waals surface area contributed by atoms with Gasteiger partial charge in [-0.05, 0) is 38.3 Å². The molecule has 3 rings (SSSR count). The summed E-state index contributed by atoms with van der Waals surface area (Å²) in [7, 11) is 1.83. The maximum absolute atomic E-state index is 7.76. The van der Waals surface area contributed by atoms with Crippen LogP contribution in [0.25, 0.3) is 0 Å². The molecule has 1 unspecified atom stereocenters. The van der Waals surface area contributed by atoms with Crippen molar-refractivity contribution in [3.05, 3.63) is 47.5 Å². The molecule has 3 aliphatic rings. The largest absolute Gasteiger partial charge is 0.393 e. The van der Waals surface area contributed by atoms with Crippen LogP contribution in [-0.2, 0) is 0 Å². The Labute approximate surface area is 156 Å². The number of nitrogens with one attached hydrogen (secondary N) is 4. The Bertz CT molecular complexity index is 658. The molecule has 1 atom stereocenters. The van der Waals surface area contributed by atoms with Crippen molar-refractivity contribution < 1.29 is 0 Å². The maximum Gasteiger partial charge on any atom is 0.0492 e. The Balaban J connectivity index is 1.87. The molecule has 140 valence electrons. The number of hydrogen-bond acceptors (Lipinski definition) is 6. The predicted molar refractivity (Wildman–Crippen MR) is 108 cm³/mol. The summed E-state index contributed by atoms with van der Waals surface area (Å²) in [5, 5.41) is 18.8. The minimum atomic E-state index is 0.227. The number of rotatable bonds is 4. The Hall–Kier alpha value is -2.34. The first-order valence-corrected chi connectivity index (χ1v) is 9.46. The number of likely N-dealkylation sites (tertiary alicyclic amines) is 1. The fraction of sp³-hybridized carbons (Fsp3) is 0.500. The van der Waals surface area contributed by atoms with Crippen molar-refractivity contribution in [2.24, 2.45) is 5.10 Å².